The molecule has 0 aromatic carbocycles. The van der Waals surface area contributed by atoms with Crippen LogP contribution >= 0.6 is 0 Å². The normalized spacial score (nSPS) is 33.6. The van der Waals surface area contributed by atoms with Crippen LogP contribution in [0.4, 0.5) is 0 Å². The van der Waals surface area contributed by atoms with Crippen LogP contribution < -0.4 is 0 Å². The van der Waals surface area contributed by atoms with Crippen LogP contribution in [-0.2, 0) is 16.1 Å². The van der Waals surface area contributed by atoms with Crippen molar-refractivity contribution in [3.05, 3.63) is 18.5 Å². The first kappa shape index (κ1) is 17.3. The third-order valence-electron chi connectivity index (χ3n) is 7.46. The minimum absolute atomic E-state index is 0.155. The molecule has 4 heterocycles. The summed E-state index contributed by atoms with van der Waals surface area (Å²) in [5.41, 5.74) is 0. The van der Waals surface area contributed by atoms with E-state index in [1.807, 2.05) is 32.9 Å². The van der Waals surface area contributed by atoms with E-state index in [9.17, 15) is 9.59 Å². The van der Waals surface area contributed by atoms with Crippen LogP contribution in [0.3, 0.4) is 0 Å². The number of carbonyl (C=O) groups is 2. The van der Waals surface area contributed by atoms with Gasteiger partial charge in [-0.15, -0.1) is 0 Å². The molecule has 0 radical (unpaired) electrons. The smallest absolute Gasteiger partial charge is 0.242 e. The molecule has 3 saturated heterocycles. The fourth-order valence-corrected chi connectivity index (χ4v) is 6.18. The van der Waals surface area contributed by atoms with Crippen molar-refractivity contribution in [1.29, 1.82) is 0 Å². The lowest BCUT2D eigenvalue weighted by Gasteiger charge is -2.39. The van der Waals surface area contributed by atoms with Crippen LogP contribution in [0.25, 0.3) is 0 Å². The quantitative estimate of drug-likeness (QED) is 0.816. The molecule has 6 rings (SSSR count). The second-order valence-corrected chi connectivity index (χ2v) is 9.28. The van der Waals surface area contributed by atoms with Gasteiger partial charge in [-0.2, -0.15) is 5.10 Å². The Morgan fingerprint density at radius 1 is 1.07 bits per heavy atom. The first-order valence-electron chi connectivity index (χ1n) is 10.7. The van der Waals surface area contributed by atoms with Crippen LogP contribution in [0.15, 0.2) is 18.5 Å². The van der Waals surface area contributed by atoms with Gasteiger partial charge in [-0.25, -0.2) is 0 Å². The van der Waals surface area contributed by atoms with Gasteiger partial charge in [-0.05, 0) is 68.8 Å². The summed E-state index contributed by atoms with van der Waals surface area (Å²) in [5, 5.41) is 4.29. The van der Waals surface area contributed by atoms with Crippen molar-refractivity contribution < 1.29 is 9.59 Å². The summed E-state index contributed by atoms with van der Waals surface area (Å²) in [4.78, 5) is 29.9. The maximum Gasteiger partial charge on any atom is 0.242 e. The van der Waals surface area contributed by atoms with Crippen molar-refractivity contribution in [2.24, 2.45) is 23.7 Å². The second kappa shape index (κ2) is 6.95. The molecule has 2 saturated carbocycles. The molecule has 5 fully saturated rings. The molecule has 146 valence electrons. The Morgan fingerprint density at radius 2 is 1.81 bits per heavy atom. The van der Waals surface area contributed by atoms with Crippen molar-refractivity contribution in [1.82, 2.24) is 19.6 Å². The van der Waals surface area contributed by atoms with E-state index in [0.717, 1.165) is 70.0 Å². The van der Waals surface area contributed by atoms with Gasteiger partial charge in [0.25, 0.3) is 0 Å². The van der Waals surface area contributed by atoms with E-state index in [-0.39, 0.29) is 17.7 Å². The van der Waals surface area contributed by atoms with E-state index < -0.39 is 0 Å². The van der Waals surface area contributed by atoms with Gasteiger partial charge < -0.3 is 9.80 Å². The lowest BCUT2D eigenvalue weighted by molar-refractivity contribution is -0.144. The second-order valence-electron chi connectivity index (χ2n) is 9.28. The summed E-state index contributed by atoms with van der Waals surface area (Å²) < 4.78 is 1.99. The van der Waals surface area contributed by atoms with Crippen molar-refractivity contribution >= 4 is 11.8 Å². The molecular formula is C21H30N4O2. The van der Waals surface area contributed by atoms with Crippen LogP contribution in [0, 0.1) is 23.7 Å². The molecule has 27 heavy (non-hydrogen) atoms. The van der Waals surface area contributed by atoms with Crippen LogP contribution in [0.5, 0.6) is 0 Å². The number of hydrogen-bond donors (Lipinski definition) is 0. The Morgan fingerprint density at radius 3 is 2.48 bits per heavy atom. The average Bonchev–Trinajstić information content (AvgIpc) is 3.13. The molecule has 0 spiro atoms. The summed E-state index contributed by atoms with van der Waals surface area (Å²) in [6, 6.07) is 2.27. The fraction of sp³-hybridized carbons (Fsp3) is 0.762. The number of piperidine rings is 1. The first-order valence-corrected chi connectivity index (χ1v) is 10.7. The Bertz CT molecular complexity index is 681. The predicted molar refractivity (Wildman–Crippen MR) is 101 cm³/mol. The summed E-state index contributed by atoms with van der Waals surface area (Å²) in [5.74, 6) is 2.63. The largest absolute Gasteiger partial charge is 0.341 e. The summed E-state index contributed by atoms with van der Waals surface area (Å²) in [6.07, 6.45) is 11.6. The van der Waals surface area contributed by atoms with Crippen LogP contribution in [-0.4, -0.2) is 57.1 Å². The zero-order valence-corrected chi connectivity index (χ0v) is 16.0. The highest BCUT2D eigenvalue weighted by Gasteiger charge is 2.47. The summed E-state index contributed by atoms with van der Waals surface area (Å²) in [6.45, 7) is 2.87. The minimum atomic E-state index is 0.155. The van der Waals surface area contributed by atoms with Gasteiger partial charge in [0, 0.05) is 44.0 Å². The van der Waals surface area contributed by atoms with Crippen molar-refractivity contribution in [3.63, 3.8) is 0 Å². The van der Waals surface area contributed by atoms with E-state index in [1.165, 1.54) is 6.42 Å². The average molecular weight is 370 g/mol. The molecule has 1 aromatic rings. The SMILES string of the molecule is O=C(CN1C(=O)C2C[C@H]3CC1C[C@H](C2)C3)N1CCC(Cn2cccn2)CC1. The fourth-order valence-electron chi connectivity index (χ4n) is 6.18. The monoisotopic (exact) mass is 370 g/mol. The van der Waals surface area contributed by atoms with E-state index in [1.54, 1.807) is 0 Å². The minimum Gasteiger partial charge on any atom is -0.341 e. The highest BCUT2D eigenvalue weighted by molar-refractivity contribution is 5.86. The molecule has 0 unspecified atom stereocenters. The van der Waals surface area contributed by atoms with Crippen molar-refractivity contribution in [2.75, 3.05) is 19.6 Å². The third kappa shape index (κ3) is 3.39. The molecule has 2 aliphatic carbocycles. The molecule has 0 N–H and O–H groups in total. The summed E-state index contributed by atoms with van der Waals surface area (Å²) in [7, 11) is 0. The Hall–Kier alpha value is -1.85. The molecule has 1 aromatic heterocycles. The zero-order valence-electron chi connectivity index (χ0n) is 16.0. The number of amides is 2. The standard InChI is InChI=1S/C21H30N4O2/c26-20(23-6-2-15(3-7-23)13-24-5-1-4-22-24)14-25-19-11-16-8-17(12-19)10-18(9-16)21(25)27/h1,4-5,15-19H,2-3,6-14H2/t16-,17-,18?,19?/m0/s1. The predicted octanol–water partition coefficient (Wildman–Crippen LogP) is 2.16. The van der Waals surface area contributed by atoms with E-state index in [4.69, 9.17) is 0 Å². The lowest BCUT2D eigenvalue weighted by atomic mass is 9.68. The molecule has 6 heteroatoms. The van der Waals surface area contributed by atoms with Gasteiger partial charge in [0.05, 0.1) is 0 Å². The Labute approximate surface area is 160 Å². The third-order valence-corrected chi connectivity index (χ3v) is 7.46. The zero-order chi connectivity index (χ0) is 18.4. The van der Waals surface area contributed by atoms with Crippen LogP contribution in [0.1, 0.15) is 44.9 Å². The number of nitrogens with zero attached hydrogens (tertiary/aromatic N) is 4. The van der Waals surface area contributed by atoms with Gasteiger partial charge in [0.15, 0.2) is 0 Å². The lowest BCUT2D eigenvalue weighted by Crippen LogP contribution is -2.49. The molecule has 4 bridgehead atoms. The van der Waals surface area contributed by atoms with Gasteiger partial charge in [-0.1, -0.05) is 0 Å². The number of fused-ring (bicyclic) bond motifs is 1. The van der Waals surface area contributed by atoms with Crippen LogP contribution in [0.2, 0.25) is 0 Å². The van der Waals surface area contributed by atoms with Gasteiger partial charge in [-0.3, -0.25) is 14.3 Å². The molecule has 6 nitrogen and oxygen atoms in total. The highest BCUT2D eigenvalue weighted by atomic mass is 16.2. The molecule has 2 amide bonds. The Kier molecular flexibility index (Phi) is 4.44. The summed E-state index contributed by atoms with van der Waals surface area (Å²) >= 11 is 0. The number of rotatable bonds is 4. The topological polar surface area (TPSA) is 58.4 Å². The Balaban J connectivity index is 1.18. The first-order chi connectivity index (χ1) is 13.2. The van der Waals surface area contributed by atoms with E-state index >= 15 is 0 Å². The van der Waals surface area contributed by atoms with E-state index in [2.05, 4.69) is 5.10 Å². The molecular weight excluding hydrogens is 340 g/mol. The molecule has 2 atom stereocenters. The molecule has 5 aliphatic rings. The maximum atomic E-state index is 13.0. The number of likely N-dealkylation sites (tertiary alicyclic amines) is 1. The van der Waals surface area contributed by atoms with Gasteiger partial charge in [0.1, 0.15) is 6.54 Å². The maximum absolute atomic E-state index is 13.0. The van der Waals surface area contributed by atoms with E-state index in [0.29, 0.717) is 18.5 Å². The number of carbonyl (C=O) groups excluding carboxylic acids is 2. The van der Waals surface area contributed by atoms with Gasteiger partial charge >= 0.3 is 0 Å². The number of hydrogen-bond acceptors (Lipinski definition) is 3. The number of aromatic nitrogens is 2. The highest BCUT2D eigenvalue weighted by Crippen LogP contribution is 2.47. The molecule has 3 aliphatic heterocycles. The van der Waals surface area contributed by atoms with Crippen molar-refractivity contribution in [2.45, 2.75) is 57.5 Å². The van der Waals surface area contributed by atoms with Gasteiger partial charge in [0.2, 0.25) is 11.8 Å². The van der Waals surface area contributed by atoms with Crippen molar-refractivity contribution in [3.8, 4) is 0 Å².